The van der Waals surface area contributed by atoms with Crippen molar-refractivity contribution in [2.45, 2.75) is 12.8 Å². The summed E-state index contributed by atoms with van der Waals surface area (Å²) < 4.78 is 23.8. The zero-order valence-corrected chi connectivity index (χ0v) is 5.68. The average Bonchev–Trinajstić information content (AvgIpc) is 2.13. The number of nitrogens with zero attached hydrogens (tertiary/aromatic N) is 1. The molecule has 1 saturated heterocycles. The van der Waals surface area contributed by atoms with Gasteiger partial charge < -0.3 is 4.90 Å². The van der Waals surface area contributed by atoms with Crippen molar-refractivity contribution in [1.82, 2.24) is 4.90 Å². The molecule has 0 N–H and O–H groups in total. The third-order valence-electron chi connectivity index (χ3n) is 1.73. The van der Waals surface area contributed by atoms with Crippen LogP contribution < -0.4 is 0 Å². The fourth-order valence-electron chi connectivity index (χ4n) is 1.07. The molecule has 1 aliphatic rings. The molecule has 4 heteroatoms. The molecule has 0 saturated carbocycles. The molecule has 0 aliphatic carbocycles. The van der Waals surface area contributed by atoms with E-state index < -0.39 is 12.3 Å². The van der Waals surface area contributed by atoms with Crippen molar-refractivity contribution in [2.24, 2.45) is 5.92 Å². The summed E-state index contributed by atoms with van der Waals surface area (Å²) in [5.41, 5.74) is 0. The summed E-state index contributed by atoms with van der Waals surface area (Å²) in [5, 5.41) is 0. The summed E-state index contributed by atoms with van der Waals surface area (Å²) in [5.74, 6) is -0.914. The summed E-state index contributed by atoms with van der Waals surface area (Å²) in [7, 11) is 1.55. The van der Waals surface area contributed by atoms with Crippen LogP contribution in [-0.4, -0.2) is 30.8 Å². The van der Waals surface area contributed by atoms with Gasteiger partial charge in [-0.1, -0.05) is 0 Å². The van der Waals surface area contributed by atoms with Gasteiger partial charge in [-0.05, 0) is 0 Å². The van der Waals surface area contributed by atoms with Crippen molar-refractivity contribution >= 4 is 5.91 Å². The molecule has 0 aromatic carbocycles. The van der Waals surface area contributed by atoms with E-state index >= 15 is 0 Å². The second kappa shape index (κ2) is 2.52. The lowest BCUT2D eigenvalue weighted by Crippen LogP contribution is -2.20. The van der Waals surface area contributed by atoms with Crippen LogP contribution in [0.15, 0.2) is 0 Å². The van der Waals surface area contributed by atoms with E-state index in [2.05, 4.69) is 0 Å². The number of carbonyl (C=O) groups excluding carboxylic acids is 1. The Hall–Kier alpha value is -0.670. The van der Waals surface area contributed by atoms with Crippen LogP contribution in [0.4, 0.5) is 8.78 Å². The minimum atomic E-state index is -2.35. The number of hydrogen-bond acceptors (Lipinski definition) is 1. The van der Waals surface area contributed by atoms with Crippen molar-refractivity contribution in [3.05, 3.63) is 0 Å². The van der Waals surface area contributed by atoms with Gasteiger partial charge in [0.05, 0.1) is 0 Å². The second-order valence-corrected chi connectivity index (χ2v) is 2.57. The van der Waals surface area contributed by atoms with Crippen molar-refractivity contribution in [3.8, 4) is 0 Å². The molecule has 1 aliphatic heterocycles. The Kier molecular flexibility index (Phi) is 1.87. The highest BCUT2D eigenvalue weighted by Gasteiger charge is 2.32. The summed E-state index contributed by atoms with van der Waals surface area (Å²) in [6, 6.07) is 0. The molecule has 58 valence electrons. The maximum Gasteiger partial charge on any atom is 0.243 e. The number of rotatable bonds is 1. The largest absolute Gasteiger partial charge is 0.345 e. The fourth-order valence-corrected chi connectivity index (χ4v) is 1.07. The molecular weight excluding hydrogens is 140 g/mol. The number of halogens is 2. The average molecular weight is 149 g/mol. The second-order valence-electron chi connectivity index (χ2n) is 2.57. The zero-order chi connectivity index (χ0) is 7.72. The smallest absolute Gasteiger partial charge is 0.243 e. The van der Waals surface area contributed by atoms with E-state index in [4.69, 9.17) is 0 Å². The Morgan fingerprint density at radius 1 is 1.70 bits per heavy atom. The Bertz CT molecular complexity index is 149. The molecule has 1 amide bonds. The molecule has 1 heterocycles. The molecule has 0 aromatic rings. The summed E-state index contributed by atoms with van der Waals surface area (Å²) >= 11 is 0. The van der Waals surface area contributed by atoms with E-state index in [0.29, 0.717) is 0 Å². The van der Waals surface area contributed by atoms with Crippen LogP contribution in [0.3, 0.4) is 0 Å². The SMILES string of the molecule is CN1CC(C(F)F)CC1=O. The number of likely N-dealkylation sites (tertiary alicyclic amines) is 1. The maximum absolute atomic E-state index is 11.9. The highest BCUT2D eigenvalue weighted by molar-refractivity contribution is 5.78. The first-order valence-electron chi connectivity index (χ1n) is 3.13. The quantitative estimate of drug-likeness (QED) is 0.538. The molecule has 1 unspecified atom stereocenters. The van der Waals surface area contributed by atoms with Crippen LogP contribution in [-0.2, 0) is 4.79 Å². The molecule has 2 nitrogen and oxygen atoms in total. The fraction of sp³-hybridized carbons (Fsp3) is 0.833. The van der Waals surface area contributed by atoms with Gasteiger partial charge in [-0.3, -0.25) is 4.79 Å². The van der Waals surface area contributed by atoms with Crippen LogP contribution in [0.5, 0.6) is 0 Å². The predicted molar refractivity (Wildman–Crippen MR) is 31.7 cm³/mol. The van der Waals surface area contributed by atoms with Crippen LogP contribution in [0.25, 0.3) is 0 Å². The van der Waals surface area contributed by atoms with Gasteiger partial charge in [0.1, 0.15) is 0 Å². The van der Waals surface area contributed by atoms with Gasteiger partial charge in [-0.2, -0.15) is 0 Å². The van der Waals surface area contributed by atoms with Gasteiger partial charge in [0.25, 0.3) is 0 Å². The van der Waals surface area contributed by atoms with Crippen LogP contribution in [0, 0.1) is 5.92 Å². The molecule has 0 bridgehead atoms. The number of amides is 1. The number of carbonyl (C=O) groups is 1. The molecule has 1 rings (SSSR count). The molecule has 0 radical (unpaired) electrons. The lowest BCUT2D eigenvalue weighted by molar-refractivity contribution is -0.126. The highest BCUT2D eigenvalue weighted by Crippen LogP contribution is 2.22. The topological polar surface area (TPSA) is 20.3 Å². The first-order valence-corrected chi connectivity index (χ1v) is 3.13. The lowest BCUT2D eigenvalue weighted by Gasteiger charge is -2.07. The van der Waals surface area contributed by atoms with Gasteiger partial charge in [-0.25, -0.2) is 8.78 Å². The van der Waals surface area contributed by atoms with E-state index in [9.17, 15) is 13.6 Å². The van der Waals surface area contributed by atoms with Crippen molar-refractivity contribution < 1.29 is 13.6 Å². The molecule has 0 spiro atoms. The van der Waals surface area contributed by atoms with Crippen molar-refractivity contribution in [2.75, 3.05) is 13.6 Å². The summed E-state index contributed by atoms with van der Waals surface area (Å²) in [6.45, 7) is 0.205. The lowest BCUT2D eigenvalue weighted by atomic mass is 10.1. The van der Waals surface area contributed by atoms with Gasteiger partial charge >= 0.3 is 0 Å². The minimum Gasteiger partial charge on any atom is -0.345 e. The van der Waals surface area contributed by atoms with E-state index in [1.165, 1.54) is 4.90 Å². The Morgan fingerprint density at radius 2 is 2.30 bits per heavy atom. The zero-order valence-electron chi connectivity index (χ0n) is 5.68. The van der Waals surface area contributed by atoms with Crippen molar-refractivity contribution in [1.29, 1.82) is 0 Å². The normalized spacial score (nSPS) is 26.6. The third-order valence-corrected chi connectivity index (χ3v) is 1.73. The Morgan fingerprint density at radius 3 is 2.50 bits per heavy atom. The predicted octanol–water partition coefficient (Wildman–Crippen LogP) is 0.730. The third kappa shape index (κ3) is 1.25. The maximum atomic E-state index is 11.9. The summed E-state index contributed by atoms with van der Waals surface area (Å²) in [4.78, 5) is 12.0. The van der Waals surface area contributed by atoms with Gasteiger partial charge in [0.15, 0.2) is 0 Å². The number of hydrogen-bond donors (Lipinski definition) is 0. The minimum absolute atomic E-state index is 0.00810. The van der Waals surface area contributed by atoms with E-state index in [-0.39, 0.29) is 18.9 Å². The molecular formula is C6H9F2NO. The van der Waals surface area contributed by atoms with Gasteiger partial charge in [-0.15, -0.1) is 0 Å². The highest BCUT2D eigenvalue weighted by atomic mass is 19.3. The van der Waals surface area contributed by atoms with Crippen LogP contribution in [0.2, 0.25) is 0 Å². The van der Waals surface area contributed by atoms with Gasteiger partial charge in [0, 0.05) is 25.9 Å². The summed E-state index contributed by atoms with van der Waals surface area (Å²) in [6.07, 6.45) is -2.34. The van der Waals surface area contributed by atoms with Crippen LogP contribution >= 0.6 is 0 Å². The van der Waals surface area contributed by atoms with E-state index in [1.54, 1.807) is 7.05 Å². The van der Waals surface area contributed by atoms with Gasteiger partial charge in [0.2, 0.25) is 12.3 Å². The first kappa shape index (κ1) is 7.44. The molecule has 0 aromatic heterocycles. The molecule has 10 heavy (non-hydrogen) atoms. The van der Waals surface area contributed by atoms with Crippen LogP contribution in [0.1, 0.15) is 6.42 Å². The molecule has 1 fully saturated rings. The van der Waals surface area contributed by atoms with Crippen molar-refractivity contribution in [3.63, 3.8) is 0 Å². The molecule has 1 atom stereocenters. The number of alkyl halides is 2. The van der Waals surface area contributed by atoms with E-state index in [1.807, 2.05) is 0 Å². The monoisotopic (exact) mass is 149 g/mol. The first-order chi connectivity index (χ1) is 4.61. The Labute approximate surface area is 57.8 Å². The van der Waals surface area contributed by atoms with E-state index in [0.717, 1.165) is 0 Å². The Balaban J connectivity index is 2.49. The standard InChI is InChI=1S/C6H9F2NO/c1-9-3-4(6(7)8)2-5(9)10/h4,6H,2-3H2,1H3.